The van der Waals surface area contributed by atoms with Gasteiger partial charge in [0.15, 0.2) is 0 Å². The lowest BCUT2D eigenvalue weighted by molar-refractivity contribution is -0.190. The first kappa shape index (κ1) is 17.8. The Bertz CT molecular complexity index is 643. The summed E-state index contributed by atoms with van der Waals surface area (Å²) in [6.45, 7) is 7.75. The van der Waals surface area contributed by atoms with E-state index in [2.05, 4.69) is 5.32 Å². The summed E-state index contributed by atoms with van der Waals surface area (Å²) in [5, 5.41) is 12.7. The number of aryl methyl sites for hydroxylation is 1. The molecule has 1 aliphatic rings. The minimum absolute atomic E-state index is 0.211. The molecule has 1 fully saturated rings. The van der Waals surface area contributed by atoms with Crippen LogP contribution >= 0.6 is 11.6 Å². The lowest BCUT2D eigenvalue weighted by Gasteiger charge is -2.58. The SMILES string of the molecule is CCOC1CC(NC(=O)c2cccc(C)c2Cl)(C(=O)O)C1(C)C. The molecule has 23 heavy (non-hydrogen) atoms. The van der Waals surface area contributed by atoms with Crippen LogP contribution in [0.15, 0.2) is 18.2 Å². The standard InChI is InChI=1S/C17H22ClNO4/c1-5-23-12-9-17(15(21)22,16(12,3)4)19-14(20)11-8-6-7-10(2)13(11)18/h6-8,12H,5,9H2,1-4H3,(H,19,20)(H,21,22). The molecule has 0 aliphatic heterocycles. The van der Waals surface area contributed by atoms with E-state index in [4.69, 9.17) is 16.3 Å². The number of benzene rings is 1. The van der Waals surface area contributed by atoms with Gasteiger partial charge in [-0.3, -0.25) is 4.79 Å². The maximum Gasteiger partial charge on any atom is 0.330 e. The average Bonchev–Trinajstić information content (AvgIpc) is 2.48. The van der Waals surface area contributed by atoms with Crippen LogP contribution in [0.3, 0.4) is 0 Å². The fourth-order valence-corrected chi connectivity index (χ4v) is 3.33. The zero-order valence-electron chi connectivity index (χ0n) is 13.8. The van der Waals surface area contributed by atoms with E-state index in [0.717, 1.165) is 5.56 Å². The van der Waals surface area contributed by atoms with Crippen LogP contribution in [-0.2, 0) is 9.53 Å². The van der Waals surface area contributed by atoms with Crippen LogP contribution in [0.1, 0.15) is 43.1 Å². The molecule has 5 nitrogen and oxygen atoms in total. The summed E-state index contributed by atoms with van der Waals surface area (Å²) < 4.78 is 5.59. The number of ether oxygens (including phenoxy) is 1. The van der Waals surface area contributed by atoms with Crippen LogP contribution in [0.2, 0.25) is 5.02 Å². The molecule has 0 bridgehead atoms. The van der Waals surface area contributed by atoms with Gasteiger partial charge in [0, 0.05) is 18.4 Å². The number of nitrogens with one attached hydrogen (secondary N) is 1. The van der Waals surface area contributed by atoms with Gasteiger partial charge in [-0.15, -0.1) is 0 Å². The largest absolute Gasteiger partial charge is 0.479 e. The Labute approximate surface area is 141 Å². The summed E-state index contributed by atoms with van der Waals surface area (Å²) in [4.78, 5) is 24.5. The fraction of sp³-hybridized carbons (Fsp3) is 0.529. The Morgan fingerprint density at radius 2 is 2.09 bits per heavy atom. The van der Waals surface area contributed by atoms with Crippen molar-refractivity contribution in [2.45, 2.75) is 45.8 Å². The van der Waals surface area contributed by atoms with Crippen molar-refractivity contribution in [2.75, 3.05) is 6.61 Å². The van der Waals surface area contributed by atoms with Crippen molar-refractivity contribution in [1.82, 2.24) is 5.32 Å². The zero-order chi connectivity index (χ0) is 17.4. The van der Waals surface area contributed by atoms with Gasteiger partial charge in [-0.2, -0.15) is 0 Å². The van der Waals surface area contributed by atoms with Crippen molar-refractivity contribution >= 4 is 23.5 Å². The first-order valence-corrected chi connectivity index (χ1v) is 7.97. The highest BCUT2D eigenvalue weighted by atomic mass is 35.5. The van der Waals surface area contributed by atoms with Gasteiger partial charge in [-0.05, 0) is 25.5 Å². The van der Waals surface area contributed by atoms with E-state index in [9.17, 15) is 14.7 Å². The molecule has 2 atom stereocenters. The Hall–Kier alpha value is -1.59. The topological polar surface area (TPSA) is 75.6 Å². The third-order valence-corrected chi connectivity index (χ3v) is 5.39. The van der Waals surface area contributed by atoms with Crippen LogP contribution < -0.4 is 5.32 Å². The molecular weight excluding hydrogens is 318 g/mol. The highest BCUT2D eigenvalue weighted by Gasteiger charge is 2.66. The fourth-order valence-electron chi connectivity index (χ4n) is 3.12. The van der Waals surface area contributed by atoms with E-state index in [1.54, 1.807) is 39.0 Å². The van der Waals surface area contributed by atoms with Gasteiger partial charge in [0.25, 0.3) is 5.91 Å². The minimum atomic E-state index is -1.36. The van der Waals surface area contributed by atoms with Crippen molar-refractivity contribution < 1.29 is 19.4 Å². The minimum Gasteiger partial charge on any atom is -0.479 e. The summed E-state index contributed by atoms with van der Waals surface area (Å²) in [7, 11) is 0. The second-order valence-electron chi connectivity index (χ2n) is 6.47. The third kappa shape index (κ3) is 2.72. The molecule has 0 saturated heterocycles. The number of carbonyl (C=O) groups excluding carboxylic acids is 1. The number of carboxylic acid groups (broad SMARTS) is 1. The summed E-state index contributed by atoms with van der Waals surface area (Å²) in [6.07, 6.45) is 0.0233. The van der Waals surface area contributed by atoms with E-state index in [1.165, 1.54) is 0 Å². The quantitative estimate of drug-likeness (QED) is 0.864. The maximum atomic E-state index is 12.6. The second-order valence-corrected chi connectivity index (χ2v) is 6.85. The van der Waals surface area contributed by atoms with Crippen LogP contribution in [0.5, 0.6) is 0 Å². The van der Waals surface area contributed by atoms with Gasteiger partial charge in [0.1, 0.15) is 5.54 Å². The molecule has 6 heteroatoms. The average molecular weight is 340 g/mol. The molecule has 1 aromatic rings. The smallest absolute Gasteiger partial charge is 0.330 e. The molecule has 0 aromatic heterocycles. The second kappa shape index (κ2) is 6.13. The van der Waals surface area contributed by atoms with Crippen molar-refractivity contribution in [3.63, 3.8) is 0 Å². The summed E-state index contributed by atoms with van der Waals surface area (Å²) >= 11 is 6.17. The first-order valence-electron chi connectivity index (χ1n) is 7.60. The molecule has 1 saturated carbocycles. The molecule has 126 valence electrons. The Balaban J connectivity index is 2.30. The summed E-state index contributed by atoms with van der Waals surface area (Å²) in [5.41, 5.74) is -1.04. The van der Waals surface area contributed by atoms with E-state index in [0.29, 0.717) is 11.6 Å². The molecule has 1 aromatic carbocycles. The van der Waals surface area contributed by atoms with E-state index in [-0.39, 0.29) is 18.1 Å². The predicted molar refractivity (Wildman–Crippen MR) is 87.8 cm³/mol. The molecule has 1 amide bonds. The number of aliphatic carboxylic acids is 1. The molecule has 2 N–H and O–H groups in total. The van der Waals surface area contributed by atoms with Gasteiger partial charge >= 0.3 is 5.97 Å². The number of rotatable bonds is 5. The molecule has 0 spiro atoms. The Kier molecular flexibility index (Phi) is 4.74. The van der Waals surface area contributed by atoms with Crippen LogP contribution in [0.4, 0.5) is 0 Å². The highest BCUT2D eigenvalue weighted by Crippen LogP contribution is 2.51. The van der Waals surface area contributed by atoms with Crippen molar-refractivity contribution in [1.29, 1.82) is 0 Å². The normalized spacial score (nSPS) is 25.5. The van der Waals surface area contributed by atoms with Gasteiger partial charge in [-0.25, -0.2) is 4.79 Å². The summed E-state index contributed by atoms with van der Waals surface area (Å²) in [6, 6.07) is 5.11. The zero-order valence-corrected chi connectivity index (χ0v) is 14.5. The number of carbonyl (C=O) groups is 2. The Morgan fingerprint density at radius 3 is 2.61 bits per heavy atom. The molecule has 1 aliphatic carbocycles. The van der Waals surface area contributed by atoms with Gasteiger partial charge in [0.05, 0.1) is 16.7 Å². The first-order chi connectivity index (χ1) is 10.7. The van der Waals surface area contributed by atoms with Gasteiger partial charge < -0.3 is 15.2 Å². The molecule has 2 unspecified atom stereocenters. The number of hydrogen-bond acceptors (Lipinski definition) is 3. The highest BCUT2D eigenvalue weighted by molar-refractivity contribution is 6.34. The Morgan fingerprint density at radius 1 is 1.43 bits per heavy atom. The van der Waals surface area contributed by atoms with Crippen molar-refractivity contribution in [3.8, 4) is 0 Å². The molecule has 0 heterocycles. The van der Waals surface area contributed by atoms with Crippen LogP contribution in [-0.4, -0.2) is 35.2 Å². The van der Waals surface area contributed by atoms with Gasteiger partial charge in [0.2, 0.25) is 0 Å². The van der Waals surface area contributed by atoms with Gasteiger partial charge in [-0.1, -0.05) is 37.6 Å². The predicted octanol–water partition coefficient (Wildman–Crippen LogP) is 3.04. The van der Waals surface area contributed by atoms with Crippen LogP contribution in [0.25, 0.3) is 0 Å². The van der Waals surface area contributed by atoms with E-state index >= 15 is 0 Å². The molecule has 2 rings (SSSR count). The molecule has 0 radical (unpaired) electrons. The number of amides is 1. The maximum absolute atomic E-state index is 12.6. The number of hydrogen-bond donors (Lipinski definition) is 2. The number of carboxylic acids is 1. The van der Waals surface area contributed by atoms with Crippen molar-refractivity contribution in [3.05, 3.63) is 34.3 Å². The molecular formula is C17H22ClNO4. The lowest BCUT2D eigenvalue weighted by atomic mass is 9.54. The lowest BCUT2D eigenvalue weighted by Crippen LogP contribution is -2.76. The summed E-state index contributed by atoms with van der Waals surface area (Å²) in [5.74, 6) is -1.54. The number of halogens is 1. The van der Waals surface area contributed by atoms with E-state index < -0.39 is 22.8 Å². The van der Waals surface area contributed by atoms with E-state index in [1.807, 2.05) is 6.92 Å². The van der Waals surface area contributed by atoms with Crippen LogP contribution in [0, 0.1) is 12.3 Å². The van der Waals surface area contributed by atoms with Crippen molar-refractivity contribution in [2.24, 2.45) is 5.41 Å². The monoisotopic (exact) mass is 339 g/mol. The third-order valence-electron chi connectivity index (χ3n) is 4.89.